The minimum atomic E-state index is -3.26. The lowest BCUT2D eigenvalue weighted by Crippen LogP contribution is -2.39. The van der Waals surface area contributed by atoms with Crippen LogP contribution in [0.15, 0.2) is 0 Å². The van der Waals surface area contributed by atoms with Crippen molar-refractivity contribution >= 4 is 10.0 Å². The molecule has 0 heterocycles. The van der Waals surface area contributed by atoms with E-state index in [1.54, 1.807) is 0 Å². The summed E-state index contributed by atoms with van der Waals surface area (Å²) in [5.41, 5.74) is -1.02. The smallest absolute Gasteiger partial charge is 0.292 e. The first-order valence-electron chi connectivity index (χ1n) is 2.64. The summed E-state index contributed by atoms with van der Waals surface area (Å²) in [5.74, 6) is 0. The van der Waals surface area contributed by atoms with E-state index in [0.29, 0.717) is 0 Å². The van der Waals surface area contributed by atoms with Crippen LogP contribution in [0.4, 0.5) is 0 Å². The number of nitrogens with one attached hydrogen (secondary N) is 1. The summed E-state index contributed by atoms with van der Waals surface area (Å²) in [6, 6.07) is 0. The molecule has 0 aliphatic rings. The normalized spacial score (nSPS) is 12.6. The average Bonchev–Trinajstić information content (AvgIpc) is 1.60. The molecule has 0 aromatic rings. The number of hydrogen-bond donors (Lipinski definition) is 1. The number of nitrogens with zero attached hydrogens (tertiary/aromatic N) is 1. The lowest BCUT2D eigenvalue weighted by molar-refractivity contribution is 0.531. The van der Waals surface area contributed by atoms with Gasteiger partial charge in [0.15, 0.2) is 0 Å². The lowest BCUT2D eigenvalue weighted by atomic mass is 10.3. The Bertz CT molecular complexity index is 247. The summed E-state index contributed by atoms with van der Waals surface area (Å²) in [6.45, 7) is 9.59. The van der Waals surface area contributed by atoms with Crippen LogP contribution < -0.4 is 4.72 Å². The summed E-state index contributed by atoms with van der Waals surface area (Å²) in [5, 5.41) is 0. The van der Waals surface area contributed by atoms with E-state index in [4.69, 9.17) is 6.57 Å². The van der Waals surface area contributed by atoms with E-state index in [1.165, 1.54) is 13.8 Å². The quantitative estimate of drug-likeness (QED) is 0.589. The van der Waals surface area contributed by atoms with Crippen molar-refractivity contribution in [1.29, 1.82) is 0 Å². The molecule has 0 atom stereocenters. The van der Waals surface area contributed by atoms with Crippen molar-refractivity contribution in [2.24, 2.45) is 0 Å². The molecule has 0 aromatic heterocycles. The molecule has 10 heavy (non-hydrogen) atoms. The Balaban J connectivity index is 4.35. The Morgan fingerprint density at radius 3 is 2.00 bits per heavy atom. The molecule has 0 aliphatic heterocycles. The highest BCUT2D eigenvalue weighted by Gasteiger charge is 2.26. The predicted molar refractivity (Wildman–Crippen MR) is 38.7 cm³/mol. The highest BCUT2D eigenvalue weighted by molar-refractivity contribution is 7.88. The van der Waals surface area contributed by atoms with E-state index < -0.39 is 15.7 Å². The molecule has 58 valence electrons. The Labute approximate surface area is 61.1 Å². The van der Waals surface area contributed by atoms with Crippen LogP contribution in [0.1, 0.15) is 13.8 Å². The third kappa shape index (κ3) is 4.30. The van der Waals surface area contributed by atoms with Crippen LogP contribution in [-0.4, -0.2) is 20.3 Å². The number of rotatable bonds is 2. The molecular formula is C5H10N2O2S. The first-order chi connectivity index (χ1) is 4.27. The monoisotopic (exact) mass is 162 g/mol. The van der Waals surface area contributed by atoms with Gasteiger partial charge in [-0.2, -0.15) is 0 Å². The van der Waals surface area contributed by atoms with Crippen LogP contribution in [0.25, 0.3) is 4.85 Å². The van der Waals surface area contributed by atoms with Gasteiger partial charge < -0.3 is 0 Å². The summed E-state index contributed by atoms with van der Waals surface area (Å²) in [6.07, 6.45) is 1.03. The molecule has 0 fully saturated rings. The van der Waals surface area contributed by atoms with Crippen LogP contribution in [0.5, 0.6) is 0 Å². The Kier molecular flexibility index (Phi) is 2.41. The highest BCUT2D eigenvalue weighted by Crippen LogP contribution is 2.03. The molecule has 0 unspecified atom stereocenters. The number of hydrogen-bond acceptors (Lipinski definition) is 2. The summed E-state index contributed by atoms with van der Waals surface area (Å²) in [4.78, 5) is 3.07. The maximum atomic E-state index is 10.6. The SMILES string of the molecule is [C-]#[N+]C(C)(C)NS(C)(=O)=O. The molecule has 0 saturated carbocycles. The average molecular weight is 162 g/mol. The van der Waals surface area contributed by atoms with Gasteiger partial charge in [0.25, 0.3) is 5.66 Å². The third-order valence-electron chi connectivity index (χ3n) is 0.715. The van der Waals surface area contributed by atoms with E-state index >= 15 is 0 Å². The molecule has 1 N–H and O–H groups in total. The van der Waals surface area contributed by atoms with Crippen LogP contribution in [0, 0.1) is 6.57 Å². The lowest BCUT2D eigenvalue weighted by Gasteiger charge is -2.10. The first kappa shape index (κ1) is 9.40. The summed E-state index contributed by atoms with van der Waals surface area (Å²) in [7, 11) is -3.26. The highest BCUT2D eigenvalue weighted by atomic mass is 32.2. The van der Waals surface area contributed by atoms with Gasteiger partial charge in [0, 0.05) is 13.8 Å². The Hall–Kier alpha value is -0.600. The summed E-state index contributed by atoms with van der Waals surface area (Å²) >= 11 is 0. The maximum absolute atomic E-state index is 10.6. The second-order valence-electron chi connectivity index (χ2n) is 2.55. The fraction of sp³-hybridized carbons (Fsp3) is 0.800. The van der Waals surface area contributed by atoms with Gasteiger partial charge in [-0.25, -0.2) is 15.0 Å². The largest absolute Gasteiger partial charge is 0.293 e. The van der Waals surface area contributed by atoms with Gasteiger partial charge in [-0.1, -0.05) is 0 Å². The second kappa shape index (κ2) is 2.56. The van der Waals surface area contributed by atoms with E-state index in [2.05, 4.69) is 9.57 Å². The van der Waals surface area contributed by atoms with E-state index in [9.17, 15) is 8.42 Å². The van der Waals surface area contributed by atoms with Crippen molar-refractivity contribution in [2.45, 2.75) is 19.5 Å². The molecule has 0 aliphatic carbocycles. The van der Waals surface area contributed by atoms with E-state index in [0.717, 1.165) is 6.26 Å². The number of sulfonamides is 1. The van der Waals surface area contributed by atoms with Crippen molar-refractivity contribution in [2.75, 3.05) is 6.26 Å². The van der Waals surface area contributed by atoms with Crippen molar-refractivity contribution in [1.82, 2.24) is 4.72 Å². The van der Waals surface area contributed by atoms with Gasteiger partial charge >= 0.3 is 0 Å². The standard InChI is InChI=1S/C5H10N2O2S/c1-5(2,6-3)7-10(4,8)9/h7H,1-2,4H3. The molecule has 0 amide bonds. The van der Waals surface area contributed by atoms with Gasteiger partial charge in [-0.3, -0.25) is 4.85 Å². The minimum Gasteiger partial charge on any atom is -0.293 e. The van der Waals surface area contributed by atoms with Crippen molar-refractivity contribution in [3.63, 3.8) is 0 Å². The van der Waals surface area contributed by atoms with E-state index in [-0.39, 0.29) is 0 Å². The molecule has 0 bridgehead atoms. The van der Waals surface area contributed by atoms with Gasteiger partial charge in [-0.05, 0) is 0 Å². The van der Waals surface area contributed by atoms with Crippen LogP contribution in [0.3, 0.4) is 0 Å². The van der Waals surface area contributed by atoms with Crippen molar-refractivity contribution < 1.29 is 8.42 Å². The molecule has 0 saturated heterocycles. The molecule has 0 aromatic carbocycles. The first-order valence-corrected chi connectivity index (χ1v) is 4.53. The minimum absolute atomic E-state index is 1.02. The molecule has 0 rings (SSSR count). The zero-order valence-corrected chi connectivity index (χ0v) is 6.99. The Morgan fingerprint density at radius 2 is 1.90 bits per heavy atom. The van der Waals surface area contributed by atoms with Crippen molar-refractivity contribution in [3.05, 3.63) is 11.4 Å². The van der Waals surface area contributed by atoms with Crippen LogP contribution >= 0.6 is 0 Å². The topological polar surface area (TPSA) is 50.5 Å². The van der Waals surface area contributed by atoms with Gasteiger partial charge in [-0.15, -0.1) is 4.72 Å². The molecule has 0 radical (unpaired) electrons. The third-order valence-corrected chi connectivity index (χ3v) is 1.58. The fourth-order valence-corrected chi connectivity index (χ4v) is 1.43. The van der Waals surface area contributed by atoms with E-state index in [1.807, 2.05) is 0 Å². The van der Waals surface area contributed by atoms with Crippen molar-refractivity contribution in [3.8, 4) is 0 Å². The maximum Gasteiger partial charge on any atom is 0.292 e. The molecule has 5 heteroatoms. The van der Waals surface area contributed by atoms with Gasteiger partial charge in [0.05, 0.1) is 6.26 Å². The Morgan fingerprint density at radius 1 is 1.50 bits per heavy atom. The van der Waals surface area contributed by atoms with Gasteiger partial charge in [0.1, 0.15) is 0 Å². The summed E-state index contributed by atoms with van der Waals surface area (Å²) < 4.78 is 23.3. The predicted octanol–water partition coefficient (Wildman–Crippen LogP) is 0.191. The molecule has 0 spiro atoms. The fourth-order valence-electron chi connectivity index (χ4n) is 0.477. The molecular weight excluding hydrogens is 152 g/mol. The zero-order valence-electron chi connectivity index (χ0n) is 6.17. The molecule has 4 nitrogen and oxygen atoms in total. The second-order valence-corrected chi connectivity index (χ2v) is 4.29. The zero-order chi connectivity index (χ0) is 8.41. The van der Waals surface area contributed by atoms with Gasteiger partial charge in [0.2, 0.25) is 10.0 Å². The van der Waals surface area contributed by atoms with Crippen LogP contribution in [0.2, 0.25) is 0 Å². The van der Waals surface area contributed by atoms with Crippen LogP contribution in [-0.2, 0) is 10.0 Å².